The number of nitrogens with one attached hydrogen (secondary N) is 2. The first kappa shape index (κ1) is 15.0. The van der Waals surface area contributed by atoms with Crippen LogP contribution in [0.25, 0.3) is 0 Å². The molecule has 5 nitrogen and oxygen atoms in total. The van der Waals surface area contributed by atoms with E-state index < -0.39 is 23.9 Å². The van der Waals surface area contributed by atoms with Crippen LogP contribution in [0.5, 0.6) is 0 Å². The summed E-state index contributed by atoms with van der Waals surface area (Å²) in [5.74, 6) is -1.05. The molecule has 1 aliphatic heterocycles. The van der Waals surface area contributed by atoms with Crippen LogP contribution in [0.1, 0.15) is 31.9 Å². The summed E-state index contributed by atoms with van der Waals surface area (Å²) in [5.41, 5.74) is 0.816. The number of hydrogen-bond donors (Lipinski definition) is 2. The fraction of sp³-hybridized carbons (Fsp3) is 0.333. The van der Waals surface area contributed by atoms with Crippen molar-refractivity contribution in [3.63, 3.8) is 0 Å². The predicted molar refractivity (Wildman–Crippen MR) is 74.8 cm³/mol. The number of esters is 1. The molecule has 0 saturated carbocycles. The van der Waals surface area contributed by atoms with E-state index in [0.29, 0.717) is 12.1 Å². The number of urea groups is 1. The van der Waals surface area contributed by atoms with Gasteiger partial charge in [0, 0.05) is 11.3 Å². The largest absolute Gasteiger partial charge is 0.462 e. The number of amides is 2. The van der Waals surface area contributed by atoms with Gasteiger partial charge >= 0.3 is 12.0 Å². The van der Waals surface area contributed by atoms with Crippen LogP contribution in [0.2, 0.25) is 0 Å². The predicted octanol–water partition coefficient (Wildman–Crippen LogP) is 2.41. The molecule has 0 bridgehead atoms. The van der Waals surface area contributed by atoms with E-state index in [1.807, 2.05) is 6.92 Å². The number of benzene rings is 1. The van der Waals surface area contributed by atoms with Crippen LogP contribution in [0.15, 0.2) is 35.5 Å². The van der Waals surface area contributed by atoms with Gasteiger partial charge in [0.25, 0.3) is 0 Å². The van der Waals surface area contributed by atoms with Crippen LogP contribution in [0, 0.1) is 5.82 Å². The van der Waals surface area contributed by atoms with Gasteiger partial charge in [-0.25, -0.2) is 14.0 Å². The van der Waals surface area contributed by atoms with Crippen molar-refractivity contribution < 1.29 is 18.7 Å². The molecule has 0 aliphatic carbocycles. The lowest BCUT2D eigenvalue weighted by Crippen LogP contribution is -2.45. The second-order valence-corrected chi connectivity index (χ2v) is 4.73. The van der Waals surface area contributed by atoms with E-state index in [9.17, 15) is 14.0 Å². The minimum absolute atomic E-state index is 0.216. The van der Waals surface area contributed by atoms with Gasteiger partial charge in [0.05, 0.1) is 18.2 Å². The Kier molecular flexibility index (Phi) is 4.57. The van der Waals surface area contributed by atoms with Crippen LogP contribution in [-0.4, -0.2) is 18.6 Å². The summed E-state index contributed by atoms with van der Waals surface area (Å²) in [5, 5.41) is 5.07. The molecule has 1 aliphatic rings. The van der Waals surface area contributed by atoms with Crippen molar-refractivity contribution in [2.45, 2.75) is 26.3 Å². The molecule has 1 aromatic carbocycles. The first-order valence-electron chi connectivity index (χ1n) is 6.74. The summed E-state index contributed by atoms with van der Waals surface area (Å²) in [6.45, 7) is 3.74. The first-order valence-corrected chi connectivity index (χ1v) is 6.74. The standard InChI is InChI=1S/C15H17FN2O3/c1-3-8-21-14(19)12-9(2)17-15(20)18-13(12)10-6-4-5-7-11(10)16/h4-7,13H,3,8H2,1-2H3,(H2,17,18,20)/t13-/m0/s1. The van der Waals surface area contributed by atoms with E-state index in [1.165, 1.54) is 12.1 Å². The highest BCUT2D eigenvalue weighted by molar-refractivity contribution is 5.95. The Morgan fingerprint density at radius 2 is 2.10 bits per heavy atom. The maximum atomic E-state index is 14.0. The third-order valence-electron chi connectivity index (χ3n) is 3.14. The van der Waals surface area contributed by atoms with Gasteiger partial charge in [-0.2, -0.15) is 0 Å². The van der Waals surface area contributed by atoms with Gasteiger partial charge in [-0.05, 0) is 19.4 Å². The first-order chi connectivity index (χ1) is 10.0. The molecule has 21 heavy (non-hydrogen) atoms. The van der Waals surface area contributed by atoms with Gasteiger partial charge in [-0.3, -0.25) is 0 Å². The number of carbonyl (C=O) groups excluding carboxylic acids is 2. The molecule has 0 aromatic heterocycles. The summed E-state index contributed by atoms with van der Waals surface area (Å²) < 4.78 is 19.1. The molecule has 0 spiro atoms. The Balaban J connectivity index is 2.41. The Morgan fingerprint density at radius 1 is 1.38 bits per heavy atom. The highest BCUT2D eigenvalue weighted by Crippen LogP contribution is 2.29. The van der Waals surface area contributed by atoms with E-state index in [0.717, 1.165) is 0 Å². The maximum Gasteiger partial charge on any atom is 0.338 e. The summed E-state index contributed by atoms with van der Waals surface area (Å²) in [6, 6.07) is 4.68. The molecular formula is C15H17FN2O3. The Hall–Kier alpha value is -2.37. The Morgan fingerprint density at radius 3 is 2.76 bits per heavy atom. The van der Waals surface area contributed by atoms with E-state index >= 15 is 0 Å². The van der Waals surface area contributed by atoms with Crippen molar-refractivity contribution in [3.8, 4) is 0 Å². The quantitative estimate of drug-likeness (QED) is 0.837. The molecule has 2 rings (SSSR count). The van der Waals surface area contributed by atoms with Crippen molar-refractivity contribution >= 4 is 12.0 Å². The molecule has 1 atom stereocenters. The number of ether oxygens (including phenoxy) is 1. The Labute approximate surface area is 122 Å². The molecule has 0 radical (unpaired) electrons. The molecule has 1 aromatic rings. The molecule has 1 heterocycles. The highest BCUT2D eigenvalue weighted by atomic mass is 19.1. The lowest BCUT2D eigenvalue weighted by atomic mass is 9.95. The number of halogens is 1. The fourth-order valence-electron chi connectivity index (χ4n) is 2.18. The second kappa shape index (κ2) is 6.39. The zero-order chi connectivity index (χ0) is 15.4. The van der Waals surface area contributed by atoms with E-state index in [-0.39, 0.29) is 17.7 Å². The van der Waals surface area contributed by atoms with Crippen molar-refractivity contribution in [2.75, 3.05) is 6.61 Å². The van der Waals surface area contributed by atoms with E-state index in [2.05, 4.69) is 10.6 Å². The minimum atomic E-state index is -0.857. The van der Waals surface area contributed by atoms with Crippen LogP contribution >= 0.6 is 0 Å². The van der Waals surface area contributed by atoms with Gasteiger partial charge in [0.1, 0.15) is 5.82 Å². The van der Waals surface area contributed by atoms with E-state index in [1.54, 1.807) is 19.1 Å². The highest BCUT2D eigenvalue weighted by Gasteiger charge is 2.33. The lowest BCUT2D eigenvalue weighted by Gasteiger charge is -2.28. The maximum absolute atomic E-state index is 14.0. The molecule has 112 valence electrons. The van der Waals surface area contributed by atoms with Gasteiger partial charge in [0.15, 0.2) is 0 Å². The fourth-order valence-corrected chi connectivity index (χ4v) is 2.18. The van der Waals surface area contributed by atoms with Crippen LogP contribution < -0.4 is 10.6 Å². The minimum Gasteiger partial charge on any atom is -0.462 e. The summed E-state index contributed by atoms with van der Waals surface area (Å²) >= 11 is 0. The van der Waals surface area contributed by atoms with Gasteiger partial charge in [-0.1, -0.05) is 25.1 Å². The van der Waals surface area contributed by atoms with Crippen molar-refractivity contribution in [1.82, 2.24) is 10.6 Å². The normalized spacial score (nSPS) is 18.0. The van der Waals surface area contributed by atoms with Crippen LogP contribution in [0.4, 0.5) is 9.18 Å². The third-order valence-corrected chi connectivity index (χ3v) is 3.14. The van der Waals surface area contributed by atoms with E-state index in [4.69, 9.17) is 4.74 Å². The molecule has 0 unspecified atom stereocenters. The van der Waals surface area contributed by atoms with Crippen molar-refractivity contribution in [2.24, 2.45) is 0 Å². The molecule has 0 saturated heterocycles. The van der Waals surface area contributed by atoms with Gasteiger partial charge in [-0.15, -0.1) is 0 Å². The van der Waals surface area contributed by atoms with Crippen LogP contribution in [-0.2, 0) is 9.53 Å². The average Bonchev–Trinajstić information content (AvgIpc) is 2.44. The molecule has 0 fully saturated rings. The smallest absolute Gasteiger partial charge is 0.338 e. The third kappa shape index (κ3) is 3.21. The van der Waals surface area contributed by atoms with Gasteiger partial charge < -0.3 is 15.4 Å². The van der Waals surface area contributed by atoms with Crippen molar-refractivity contribution in [3.05, 3.63) is 46.9 Å². The topological polar surface area (TPSA) is 67.4 Å². The zero-order valence-electron chi connectivity index (χ0n) is 11.9. The summed E-state index contributed by atoms with van der Waals surface area (Å²) in [4.78, 5) is 23.8. The number of carbonyl (C=O) groups is 2. The summed E-state index contributed by atoms with van der Waals surface area (Å²) in [6.07, 6.45) is 0.683. The molecular weight excluding hydrogens is 275 g/mol. The number of rotatable bonds is 4. The van der Waals surface area contributed by atoms with Crippen LogP contribution in [0.3, 0.4) is 0 Å². The summed E-state index contributed by atoms with van der Waals surface area (Å²) in [7, 11) is 0. The zero-order valence-corrected chi connectivity index (χ0v) is 11.9. The average molecular weight is 292 g/mol. The SMILES string of the molecule is CCCOC(=O)C1=C(C)NC(=O)N[C@H]1c1ccccc1F. The number of hydrogen-bond acceptors (Lipinski definition) is 3. The second-order valence-electron chi connectivity index (χ2n) is 4.73. The number of allylic oxidation sites excluding steroid dienone is 1. The molecule has 6 heteroatoms. The molecule has 2 N–H and O–H groups in total. The molecule has 2 amide bonds. The van der Waals surface area contributed by atoms with Crippen molar-refractivity contribution in [1.29, 1.82) is 0 Å². The Bertz CT molecular complexity index is 598. The monoisotopic (exact) mass is 292 g/mol. The lowest BCUT2D eigenvalue weighted by molar-refractivity contribution is -0.139. The van der Waals surface area contributed by atoms with Gasteiger partial charge in [0.2, 0.25) is 0 Å².